The average Bonchev–Trinajstić information content (AvgIpc) is 3.36. The Balaban J connectivity index is 1.97. The van der Waals surface area contributed by atoms with Gasteiger partial charge in [-0.25, -0.2) is 13.6 Å². The molecule has 1 aromatic carbocycles. The maximum absolute atomic E-state index is 15.0. The van der Waals surface area contributed by atoms with Crippen molar-refractivity contribution >= 4 is 16.6 Å². The highest BCUT2D eigenvalue weighted by Gasteiger charge is 2.38. The number of hydrogen-bond donors (Lipinski definition) is 2. The van der Waals surface area contributed by atoms with Gasteiger partial charge in [0.05, 0.1) is 16.6 Å². The zero-order valence-corrected chi connectivity index (χ0v) is 15.3. The summed E-state index contributed by atoms with van der Waals surface area (Å²) >= 11 is 0. The number of nitrogens with two attached hydrogens (primary N) is 2. The molecule has 2 heterocycles. The molecule has 2 fully saturated rings. The second kappa shape index (κ2) is 6.05. The van der Waals surface area contributed by atoms with Crippen LogP contribution in [0.1, 0.15) is 31.4 Å². The van der Waals surface area contributed by atoms with E-state index in [0.717, 1.165) is 18.9 Å². The van der Waals surface area contributed by atoms with Crippen LogP contribution in [0.3, 0.4) is 0 Å². The van der Waals surface area contributed by atoms with Crippen molar-refractivity contribution in [3.8, 4) is 0 Å². The number of aryl methyl sites for hydroxylation is 1. The van der Waals surface area contributed by atoms with Crippen molar-refractivity contribution < 1.29 is 8.78 Å². The second-order valence-electron chi connectivity index (χ2n) is 7.73. The lowest BCUT2D eigenvalue weighted by Crippen LogP contribution is -2.44. The molecule has 0 radical (unpaired) electrons. The van der Waals surface area contributed by atoms with Gasteiger partial charge in [-0.15, -0.1) is 0 Å². The van der Waals surface area contributed by atoms with Crippen molar-refractivity contribution in [2.75, 3.05) is 23.8 Å². The highest BCUT2D eigenvalue weighted by atomic mass is 19.1. The molecule has 146 valence electrons. The van der Waals surface area contributed by atoms with Crippen LogP contribution in [-0.2, 0) is 0 Å². The average molecular weight is 379 g/mol. The first-order chi connectivity index (χ1) is 12.7. The van der Waals surface area contributed by atoms with Crippen LogP contribution in [0.25, 0.3) is 10.9 Å². The molecule has 2 aliphatic rings. The van der Waals surface area contributed by atoms with E-state index in [0.29, 0.717) is 15.8 Å². The van der Waals surface area contributed by atoms with Crippen molar-refractivity contribution in [2.45, 2.75) is 44.9 Å². The van der Waals surface area contributed by atoms with Gasteiger partial charge in [-0.1, -0.05) is 0 Å². The Morgan fingerprint density at radius 1 is 1.26 bits per heavy atom. The van der Waals surface area contributed by atoms with Crippen LogP contribution >= 0.6 is 0 Å². The zero-order valence-electron chi connectivity index (χ0n) is 15.3. The second-order valence-corrected chi connectivity index (χ2v) is 7.73. The maximum Gasteiger partial charge on any atom is 0.350 e. The molecule has 1 aliphatic carbocycles. The van der Waals surface area contributed by atoms with Gasteiger partial charge in [0.2, 0.25) is 0 Å². The number of hydrogen-bond acceptors (Lipinski definition) is 5. The number of nitrogens with zero attached hydrogens (tertiary/aromatic N) is 3. The lowest BCUT2D eigenvalue weighted by molar-refractivity contribution is 0.259. The van der Waals surface area contributed by atoms with Crippen LogP contribution in [0.2, 0.25) is 0 Å². The molecule has 0 spiro atoms. The molecule has 0 unspecified atom stereocenters. The summed E-state index contributed by atoms with van der Waals surface area (Å²) in [4.78, 5) is 26.6. The van der Waals surface area contributed by atoms with Gasteiger partial charge < -0.3 is 16.5 Å². The standard InChI is InChI=1S/C18H23F2N5O2/c1-8-15-11(17(26)25(22)18(27)24(15)10-3-4-10)5-13(19)16(8)23-6-12(9(2)21)14(20)7-23/h5,9-10,12,14H,3-4,6-7,21-22H2,1-2H3/t9-,12-,14+/m1/s1. The summed E-state index contributed by atoms with van der Waals surface area (Å²) in [6.45, 7) is 3.70. The first-order valence-electron chi connectivity index (χ1n) is 9.12. The molecule has 9 heteroatoms. The van der Waals surface area contributed by atoms with Crippen LogP contribution in [0.4, 0.5) is 14.5 Å². The van der Waals surface area contributed by atoms with Crippen LogP contribution in [0, 0.1) is 18.7 Å². The van der Waals surface area contributed by atoms with Crippen LogP contribution in [0.15, 0.2) is 15.7 Å². The van der Waals surface area contributed by atoms with E-state index in [1.807, 2.05) is 0 Å². The molecule has 1 saturated carbocycles. The fraction of sp³-hybridized carbons (Fsp3) is 0.556. The summed E-state index contributed by atoms with van der Waals surface area (Å²) in [6.07, 6.45) is 0.423. The smallest absolute Gasteiger partial charge is 0.350 e. The van der Waals surface area contributed by atoms with E-state index >= 15 is 0 Å². The monoisotopic (exact) mass is 379 g/mol. The summed E-state index contributed by atoms with van der Waals surface area (Å²) in [5.41, 5.74) is 5.55. The SMILES string of the molecule is Cc1c(N2C[C@H]([C@@H](C)N)[C@@H](F)C2)c(F)cc2c(=O)n(N)c(=O)n(C3CC3)c12. The third-order valence-electron chi connectivity index (χ3n) is 5.76. The summed E-state index contributed by atoms with van der Waals surface area (Å²) in [7, 11) is 0. The summed E-state index contributed by atoms with van der Waals surface area (Å²) < 4.78 is 31.4. The molecule has 1 aliphatic heterocycles. The fourth-order valence-electron chi connectivity index (χ4n) is 4.19. The van der Waals surface area contributed by atoms with Crippen molar-refractivity contribution in [1.29, 1.82) is 0 Å². The van der Waals surface area contributed by atoms with Gasteiger partial charge in [0, 0.05) is 36.7 Å². The molecule has 4 N–H and O–H groups in total. The van der Waals surface area contributed by atoms with Crippen molar-refractivity contribution in [2.24, 2.45) is 11.7 Å². The number of benzene rings is 1. The highest BCUT2D eigenvalue weighted by molar-refractivity contribution is 5.87. The molecule has 4 rings (SSSR count). The number of rotatable bonds is 3. The number of nitrogen functional groups attached to an aromatic ring is 1. The third-order valence-corrected chi connectivity index (χ3v) is 5.76. The number of fused-ring (bicyclic) bond motifs is 1. The molecule has 3 atom stereocenters. The Labute approximate surface area is 154 Å². The van der Waals surface area contributed by atoms with Crippen molar-refractivity contribution in [3.05, 3.63) is 38.3 Å². The number of aromatic nitrogens is 2. The molecule has 2 aromatic rings. The fourth-order valence-corrected chi connectivity index (χ4v) is 4.19. The zero-order chi connectivity index (χ0) is 19.6. The summed E-state index contributed by atoms with van der Waals surface area (Å²) in [5, 5.41) is 0.0579. The van der Waals surface area contributed by atoms with Crippen LogP contribution in [-0.4, -0.2) is 34.5 Å². The van der Waals surface area contributed by atoms with Gasteiger partial charge in [-0.3, -0.25) is 9.36 Å². The Kier molecular flexibility index (Phi) is 4.03. The van der Waals surface area contributed by atoms with E-state index in [1.165, 1.54) is 4.57 Å². The van der Waals surface area contributed by atoms with Crippen molar-refractivity contribution in [3.63, 3.8) is 0 Å². The predicted octanol–water partition coefficient (Wildman–Crippen LogP) is 0.781. The molecule has 27 heavy (non-hydrogen) atoms. The first kappa shape index (κ1) is 18.0. The molecular weight excluding hydrogens is 356 g/mol. The lowest BCUT2D eigenvalue weighted by atomic mass is 10.00. The largest absolute Gasteiger partial charge is 0.366 e. The predicted molar refractivity (Wildman–Crippen MR) is 99.8 cm³/mol. The lowest BCUT2D eigenvalue weighted by Gasteiger charge is -2.24. The van der Waals surface area contributed by atoms with E-state index < -0.39 is 29.2 Å². The first-order valence-corrected chi connectivity index (χ1v) is 9.12. The highest BCUT2D eigenvalue weighted by Crippen LogP contribution is 2.39. The summed E-state index contributed by atoms with van der Waals surface area (Å²) in [6, 6.07) is 0.688. The third kappa shape index (κ3) is 2.63. The van der Waals surface area contributed by atoms with E-state index in [4.69, 9.17) is 11.6 Å². The molecule has 0 bridgehead atoms. The molecular formula is C18H23F2N5O2. The van der Waals surface area contributed by atoms with Gasteiger partial charge in [-0.05, 0) is 32.8 Å². The van der Waals surface area contributed by atoms with Crippen LogP contribution in [0.5, 0.6) is 0 Å². The Morgan fingerprint density at radius 2 is 1.93 bits per heavy atom. The topological polar surface area (TPSA) is 99.3 Å². The normalized spacial score (nSPS) is 24.0. The van der Waals surface area contributed by atoms with E-state index in [2.05, 4.69) is 0 Å². The van der Waals surface area contributed by atoms with E-state index in [9.17, 15) is 18.4 Å². The van der Waals surface area contributed by atoms with Gasteiger partial charge in [0.25, 0.3) is 5.56 Å². The number of anilines is 1. The summed E-state index contributed by atoms with van der Waals surface area (Å²) in [5.74, 6) is 4.59. The minimum absolute atomic E-state index is 0.0249. The number of alkyl halides is 1. The molecule has 7 nitrogen and oxygen atoms in total. The Morgan fingerprint density at radius 3 is 2.48 bits per heavy atom. The molecule has 1 aromatic heterocycles. The van der Waals surface area contributed by atoms with Crippen molar-refractivity contribution in [1.82, 2.24) is 9.24 Å². The molecule has 0 amide bonds. The van der Waals surface area contributed by atoms with Gasteiger partial charge >= 0.3 is 5.69 Å². The van der Waals surface area contributed by atoms with Crippen LogP contribution < -0.4 is 27.7 Å². The van der Waals surface area contributed by atoms with E-state index in [1.54, 1.807) is 18.7 Å². The minimum Gasteiger partial charge on any atom is -0.366 e. The van der Waals surface area contributed by atoms with Gasteiger partial charge in [0.1, 0.15) is 12.0 Å². The quantitative estimate of drug-likeness (QED) is 0.768. The van der Waals surface area contributed by atoms with Gasteiger partial charge in [-0.2, -0.15) is 4.68 Å². The van der Waals surface area contributed by atoms with E-state index in [-0.39, 0.29) is 36.2 Å². The number of halogens is 2. The molecule has 1 saturated heterocycles. The Hall–Kier alpha value is -2.42. The van der Waals surface area contributed by atoms with Gasteiger partial charge in [0.15, 0.2) is 0 Å². The minimum atomic E-state index is -1.16. The maximum atomic E-state index is 15.0. The Bertz CT molecular complexity index is 1040.